The van der Waals surface area contributed by atoms with E-state index in [0.29, 0.717) is 35.5 Å². The third-order valence-corrected chi connectivity index (χ3v) is 5.45. The molecule has 0 amide bonds. The van der Waals surface area contributed by atoms with Crippen molar-refractivity contribution in [3.63, 3.8) is 0 Å². The van der Waals surface area contributed by atoms with Crippen LogP contribution in [-0.4, -0.2) is 22.2 Å². The SMILES string of the molecule is CCCc1c(OCc2cccc(Sc3cc(C=O)ccn3)c2)ccc(C(C)=O)c1O. The number of pyridine rings is 1. The predicted molar refractivity (Wildman–Crippen MR) is 117 cm³/mol. The molecule has 0 bridgehead atoms. The molecule has 0 atom stereocenters. The Morgan fingerprint density at radius 3 is 2.77 bits per heavy atom. The van der Waals surface area contributed by atoms with Gasteiger partial charge in [-0.3, -0.25) is 9.59 Å². The fourth-order valence-corrected chi connectivity index (χ4v) is 3.97. The number of carbonyl (C=O) groups excluding carboxylic acids is 2. The Hall–Kier alpha value is -3.12. The number of aromatic nitrogens is 1. The van der Waals surface area contributed by atoms with Crippen molar-refractivity contribution in [3.8, 4) is 11.5 Å². The molecule has 3 rings (SSSR count). The van der Waals surface area contributed by atoms with Crippen molar-refractivity contribution in [2.75, 3.05) is 0 Å². The number of ether oxygens (including phenoxy) is 1. The summed E-state index contributed by atoms with van der Waals surface area (Å²) >= 11 is 1.47. The number of carbonyl (C=O) groups is 2. The van der Waals surface area contributed by atoms with Gasteiger partial charge in [0, 0.05) is 22.2 Å². The van der Waals surface area contributed by atoms with Gasteiger partial charge in [0.2, 0.25) is 0 Å². The van der Waals surface area contributed by atoms with Crippen LogP contribution in [0.25, 0.3) is 0 Å². The number of ketones is 1. The number of aldehydes is 1. The standard InChI is InChI=1S/C24H23NO4S/c1-3-5-21-22(9-8-20(16(2)27)24(21)28)29-15-18-6-4-7-19(12-18)30-23-13-17(14-26)10-11-25-23/h4,6-14,28H,3,5,15H2,1-2H3. The molecule has 2 aromatic carbocycles. The third-order valence-electron chi connectivity index (χ3n) is 4.53. The van der Waals surface area contributed by atoms with E-state index in [0.717, 1.165) is 28.2 Å². The first kappa shape index (κ1) is 21.6. The van der Waals surface area contributed by atoms with Gasteiger partial charge >= 0.3 is 0 Å². The summed E-state index contributed by atoms with van der Waals surface area (Å²) in [7, 11) is 0. The zero-order valence-corrected chi connectivity index (χ0v) is 17.7. The van der Waals surface area contributed by atoms with E-state index in [4.69, 9.17) is 4.74 Å². The van der Waals surface area contributed by atoms with Crippen LogP contribution in [0.5, 0.6) is 11.5 Å². The molecule has 3 aromatic rings. The summed E-state index contributed by atoms with van der Waals surface area (Å²) in [6.45, 7) is 3.78. The van der Waals surface area contributed by atoms with Crippen LogP contribution >= 0.6 is 11.8 Å². The quantitative estimate of drug-likeness (QED) is 0.364. The molecule has 154 valence electrons. The van der Waals surface area contributed by atoms with Crippen molar-refractivity contribution in [2.24, 2.45) is 0 Å². The molecule has 5 nitrogen and oxygen atoms in total. The van der Waals surface area contributed by atoms with Crippen LogP contribution in [0.4, 0.5) is 0 Å². The lowest BCUT2D eigenvalue weighted by Crippen LogP contribution is -2.02. The Kier molecular flexibility index (Phi) is 7.25. The highest BCUT2D eigenvalue weighted by molar-refractivity contribution is 7.99. The summed E-state index contributed by atoms with van der Waals surface area (Å²) in [6.07, 6.45) is 3.86. The lowest BCUT2D eigenvalue weighted by Gasteiger charge is -2.15. The molecule has 0 spiro atoms. The highest BCUT2D eigenvalue weighted by Crippen LogP contribution is 2.34. The van der Waals surface area contributed by atoms with E-state index in [1.165, 1.54) is 18.7 Å². The number of phenolic OH excluding ortho intramolecular Hbond substituents is 1. The van der Waals surface area contributed by atoms with Crippen LogP contribution < -0.4 is 4.74 Å². The number of aromatic hydroxyl groups is 1. The Labute approximate surface area is 180 Å². The van der Waals surface area contributed by atoms with Crippen molar-refractivity contribution in [3.05, 3.63) is 77.0 Å². The largest absolute Gasteiger partial charge is 0.507 e. The maximum atomic E-state index is 11.7. The molecule has 1 N–H and O–H groups in total. The molecular weight excluding hydrogens is 398 g/mol. The van der Waals surface area contributed by atoms with Crippen molar-refractivity contribution in [1.29, 1.82) is 0 Å². The van der Waals surface area contributed by atoms with E-state index in [9.17, 15) is 14.7 Å². The maximum absolute atomic E-state index is 11.7. The molecule has 0 aliphatic heterocycles. The molecule has 0 saturated carbocycles. The van der Waals surface area contributed by atoms with Crippen LogP contribution in [0.3, 0.4) is 0 Å². The summed E-state index contributed by atoms with van der Waals surface area (Å²) in [5.74, 6) is 0.415. The molecule has 0 fully saturated rings. The predicted octanol–water partition coefficient (Wildman–Crippen LogP) is 5.49. The van der Waals surface area contributed by atoms with Gasteiger partial charge in [0.1, 0.15) is 29.4 Å². The number of rotatable bonds is 9. The monoisotopic (exact) mass is 421 g/mol. The molecular formula is C24H23NO4S. The minimum absolute atomic E-state index is 0.00675. The normalized spacial score (nSPS) is 10.6. The molecule has 6 heteroatoms. The smallest absolute Gasteiger partial charge is 0.163 e. The highest BCUT2D eigenvalue weighted by atomic mass is 32.2. The molecule has 0 saturated heterocycles. The molecule has 1 heterocycles. The van der Waals surface area contributed by atoms with Crippen LogP contribution in [-0.2, 0) is 13.0 Å². The van der Waals surface area contributed by atoms with Gasteiger partial charge in [0.05, 0.1) is 5.56 Å². The minimum atomic E-state index is -0.173. The van der Waals surface area contributed by atoms with Gasteiger partial charge in [0.25, 0.3) is 0 Å². The van der Waals surface area contributed by atoms with Crippen molar-refractivity contribution < 1.29 is 19.4 Å². The van der Waals surface area contributed by atoms with E-state index in [1.807, 2.05) is 31.2 Å². The lowest BCUT2D eigenvalue weighted by molar-refractivity contribution is 0.101. The number of benzene rings is 2. The van der Waals surface area contributed by atoms with E-state index >= 15 is 0 Å². The summed E-state index contributed by atoms with van der Waals surface area (Å²) < 4.78 is 5.99. The molecule has 0 aliphatic rings. The van der Waals surface area contributed by atoms with Crippen molar-refractivity contribution >= 4 is 23.8 Å². The zero-order valence-electron chi connectivity index (χ0n) is 16.9. The molecule has 0 radical (unpaired) electrons. The Morgan fingerprint density at radius 2 is 2.03 bits per heavy atom. The first-order chi connectivity index (χ1) is 14.5. The summed E-state index contributed by atoms with van der Waals surface area (Å²) in [5.41, 5.74) is 2.52. The Morgan fingerprint density at radius 1 is 1.20 bits per heavy atom. The van der Waals surface area contributed by atoms with Gasteiger partial charge < -0.3 is 9.84 Å². The van der Waals surface area contributed by atoms with Gasteiger partial charge in [-0.05, 0) is 55.3 Å². The average molecular weight is 422 g/mol. The van der Waals surface area contributed by atoms with E-state index in [2.05, 4.69) is 4.98 Å². The van der Waals surface area contributed by atoms with Crippen LogP contribution in [0.2, 0.25) is 0 Å². The zero-order chi connectivity index (χ0) is 21.5. The number of nitrogens with zero attached hydrogens (tertiary/aromatic N) is 1. The molecule has 1 aromatic heterocycles. The minimum Gasteiger partial charge on any atom is -0.507 e. The number of hydrogen-bond acceptors (Lipinski definition) is 6. The second-order valence-corrected chi connectivity index (χ2v) is 7.92. The Balaban J connectivity index is 1.76. The van der Waals surface area contributed by atoms with Crippen LogP contribution in [0.1, 0.15) is 52.1 Å². The summed E-state index contributed by atoms with van der Waals surface area (Å²) in [6, 6.07) is 14.6. The number of phenols is 1. The van der Waals surface area contributed by atoms with Crippen molar-refractivity contribution in [1.82, 2.24) is 4.98 Å². The van der Waals surface area contributed by atoms with Crippen molar-refractivity contribution in [2.45, 2.75) is 43.2 Å². The average Bonchev–Trinajstić information content (AvgIpc) is 2.74. The molecule has 0 unspecified atom stereocenters. The van der Waals surface area contributed by atoms with Gasteiger partial charge in [-0.2, -0.15) is 0 Å². The summed E-state index contributed by atoms with van der Waals surface area (Å²) in [4.78, 5) is 27.9. The topological polar surface area (TPSA) is 76.5 Å². The van der Waals surface area contributed by atoms with E-state index < -0.39 is 0 Å². The number of Topliss-reactive ketones (excluding diaryl/α,β-unsaturated/α-hetero) is 1. The fraction of sp³-hybridized carbons (Fsp3) is 0.208. The van der Waals surface area contributed by atoms with E-state index in [-0.39, 0.29) is 11.5 Å². The van der Waals surface area contributed by atoms with Gasteiger partial charge in [0.15, 0.2) is 5.78 Å². The maximum Gasteiger partial charge on any atom is 0.163 e. The lowest BCUT2D eigenvalue weighted by atomic mass is 10.0. The summed E-state index contributed by atoms with van der Waals surface area (Å²) in [5, 5.41) is 11.2. The number of hydrogen-bond donors (Lipinski definition) is 1. The van der Waals surface area contributed by atoms with Crippen LogP contribution in [0, 0.1) is 0 Å². The first-order valence-electron chi connectivity index (χ1n) is 9.68. The second-order valence-electron chi connectivity index (χ2n) is 6.83. The van der Waals surface area contributed by atoms with E-state index in [1.54, 1.807) is 30.5 Å². The molecule has 0 aliphatic carbocycles. The fourth-order valence-electron chi connectivity index (χ4n) is 3.06. The Bertz CT molecular complexity index is 1060. The van der Waals surface area contributed by atoms with Crippen LogP contribution in [0.15, 0.2) is 64.6 Å². The van der Waals surface area contributed by atoms with Gasteiger partial charge in [-0.25, -0.2) is 4.98 Å². The molecule has 30 heavy (non-hydrogen) atoms. The first-order valence-corrected chi connectivity index (χ1v) is 10.5. The second kappa shape index (κ2) is 10.1. The highest BCUT2D eigenvalue weighted by Gasteiger charge is 2.16. The third kappa shape index (κ3) is 5.27. The van der Waals surface area contributed by atoms with Gasteiger partial charge in [-0.15, -0.1) is 0 Å². The van der Waals surface area contributed by atoms with Gasteiger partial charge in [-0.1, -0.05) is 37.2 Å².